The standard InChI is InChI=1S/C23H17F2N5O3S/c24-15-5-28-20(17-11(3-26)22(27)34-21(15)17)16-14-9-32-8-13(14)12-4-29-23(30-19(12)18(16)25)33-7-10-1-2-31-6-10/h4-5,10H,1-2,6-9,27H2/t10-/m0/s1. The molecule has 8 nitrogen and oxygen atoms in total. The van der Waals surface area contributed by atoms with Crippen LogP contribution in [0.4, 0.5) is 13.8 Å². The van der Waals surface area contributed by atoms with Gasteiger partial charge in [-0.2, -0.15) is 10.2 Å². The number of anilines is 1. The summed E-state index contributed by atoms with van der Waals surface area (Å²) in [6.45, 7) is 2.04. The molecule has 1 atom stereocenters. The molecule has 172 valence electrons. The van der Waals surface area contributed by atoms with E-state index in [0.717, 1.165) is 29.5 Å². The van der Waals surface area contributed by atoms with E-state index in [4.69, 9.17) is 19.9 Å². The van der Waals surface area contributed by atoms with Crippen molar-refractivity contribution in [2.75, 3.05) is 25.6 Å². The monoisotopic (exact) mass is 481 g/mol. The van der Waals surface area contributed by atoms with Crippen LogP contribution in [0.15, 0.2) is 12.4 Å². The van der Waals surface area contributed by atoms with Crippen molar-refractivity contribution in [3.8, 4) is 23.3 Å². The summed E-state index contributed by atoms with van der Waals surface area (Å²) in [4.78, 5) is 12.8. The summed E-state index contributed by atoms with van der Waals surface area (Å²) < 4.78 is 47.5. The van der Waals surface area contributed by atoms with E-state index in [1.54, 1.807) is 0 Å². The molecule has 0 aliphatic carbocycles. The molecule has 2 aliphatic heterocycles. The van der Waals surface area contributed by atoms with E-state index >= 15 is 4.39 Å². The summed E-state index contributed by atoms with van der Waals surface area (Å²) >= 11 is 0.933. The first-order chi connectivity index (χ1) is 16.6. The first-order valence-electron chi connectivity index (χ1n) is 10.6. The number of hydrogen-bond donors (Lipinski definition) is 1. The number of nitrogen functional groups attached to an aromatic ring is 1. The Morgan fingerprint density at radius 1 is 1.21 bits per heavy atom. The number of ether oxygens (including phenoxy) is 3. The Morgan fingerprint density at radius 3 is 2.85 bits per heavy atom. The van der Waals surface area contributed by atoms with Crippen LogP contribution in [0, 0.1) is 28.9 Å². The number of aromatic nitrogens is 3. The van der Waals surface area contributed by atoms with Crippen LogP contribution in [0.25, 0.3) is 32.2 Å². The molecule has 11 heteroatoms. The molecule has 1 saturated heterocycles. The molecule has 0 bridgehead atoms. The third-order valence-electron chi connectivity index (χ3n) is 6.19. The highest BCUT2D eigenvalue weighted by Gasteiger charge is 2.30. The number of hydrogen-bond acceptors (Lipinski definition) is 9. The number of rotatable bonds is 4. The van der Waals surface area contributed by atoms with Crippen molar-refractivity contribution < 1.29 is 23.0 Å². The van der Waals surface area contributed by atoms with Crippen molar-refractivity contribution in [1.29, 1.82) is 5.26 Å². The number of nitriles is 1. The molecule has 34 heavy (non-hydrogen) atoms. The topological polar surface area (TPSA) is 116 Å². The van der Waals surface area contributed by atoms with Gasteiger partial charge in [-0.3, -0.25) is 4.98 Å². The average Bonchev–Trinajstić information content (AvgIpc) is 3.59. The van der Waals surface area contributed by atoms with Crippen LogP contribution in [0.2, 0.25) is 0 Å². The molecular weight excluding hydrogens is 464 g/mol. The van der Waals surface area contributed by atoms with E-state index in [-0.39, 0.29) is 62.6 Å². The first-order valence-corrected chi connectivity index (χ1v) is 11.4. The fraction of sp³-hybridized carbons (Fsp3) is 0.304. The zero-order valence-electron chi connectivity index (χ0n) is 17.7. The van der Waals surface area contributed by atoms with E-state index < -0.39 is 11.6 Å². The molecule has 0 spiro atoms. The molecule has 2 N–H and O–H groups in total. The second-order valence-electron chi connectivity index (χ2n) is 8.21. The third-order valence-corrected chi connectivity index (χ3v) is 7.22. The molecule has 4 aromatic rings. The predicted molar refractivity (Wildman–Crippen MR) is 120 cm³/mol. The van der Waals surface area contributed by atoms with Gasteiger partial charge in [-0.1, -0.05) is 0 Å². The summed E-state index contributed by atoms with van der Waals surface area (Å²) in [5.41, 5.74) is 7.62. The van der Waals surface area contributed by atoms with E-state index in [0.29, 0.717) is 30.8 Å². The molecule has 0 radical (unpaired) electrons. The molecule has 2 aliphatic rings. The Balaban J connectivity index is 1.56. The largest absolute Gasteiger partial charge is 0.463 e. The molecule has 6 rings (SSSR count). The lowest BCUT2D eigenvalue weighted by Gasteiger charge is -2.14. The average molecular weight is 481 g/mol. The van der Waals surface area contributed by atoms with Crippen LogP contribution in [0.3, 0.4) is 0 Å². The van der Waals surface area contributed by atoms with Gasteiger partial charge in [0, 0.05) is 35.1 Å². The summed E-state index contributed by atoms with van der Waals surface area (Å²) in [5, 5.41) is 10.5. The maximum atomic E-state index is 16.1. The highest BCUT2D eigenvalue weighted by molar-refractivity contribution is 7.23. The fourth-order valence-corrected chi connectivity index (χ4v) is 5.43. The van der Waals surface area contributed by atoms with Crippen molar-refractivity contribution in [2.24, 2.45) is 5.92 Å². The van der Waals surface area contributed by atoms with Gasteiger partial charge in [0.25, 0.3) is 0 Å². The van der Waals surface area contributed by atoms with Gasteiger partial charge in [0.2, 0.25) is 0 Å². The van der Waals surface area contributed by atoms with Crippen molar-refractivity contribution >= 4 is 37.3 Å². The van der Waals surface area contributed by atoms with E-state index in [1.165, 1.54) is 6.20 Å². The van der Waals surface area contributed by atoms with Crippen LogP contribution in [0.5, 0.6) is 6.01 Å². The quantitative estimate of drug-likeness (QED) is 0.463. The Labute approximate surface area is 195 Å². The number of fused-ring (bicyclic) bond motifs is 4. The summed E-state index contributed by atoms with van der Waals surface area (Å²) in [6, 6.07) is 2.06. The number of thiophene rings is 1. The number of nitrogens with zero attached hydrogens (tertiary/aromatic N) is 4. The van der Waals surface area contributed by atoms with Gasteiger partial charge in [-0.25, -0.2) is 13.8 Å². The lowest BCUT2D eigenvalue weighted by Crippen LogP contribution is -2.13. The number of halogens is 2. The van der Waals surface area contributed by atoms with Crippen LogP contribution >= 0.6 is 11.3 Å². The van der Waals surface area contributed by atoms with E-state index in [2.05, 4.69) is 15.0 Å². The summed E-state index contributed by atoms with van der Waals surface area (Å²) in [6.07, 6.45) is 3.42. The summed E-state index contributed by atoms with van der Waals surface area (Å²) in [7, 11) is 0. The Morgan fingerprint density at radius 2 is 2.06 bits per heavy atom. The normalized spacial score (nSPS) is 17.4. The van der Waals surface area contributed by atoms with Gasteiger partial charge in [-0.05, 0) is 17.5 Å². The highest BCUT2D eigenvalue weighted by atomic mass is 32.1. The lowest BCUT2D eigenvalue weighted by atomic mass is 9.94. The Kier molecular flexibility index (Phi) is 5.02. The van der Waals surface area contributed by atoms with Crippen LogP contribution in [-0.2, 0) is 22.7 Å². The van der Waals surface area contributed by atoms with Crippen LogP contribution in [-0.4, -0.2) is 34.8 Å². The van der Waals surface area contributed by atoms with E-state index in [1.807, 2.05) is 6.07 Å². The second kappa shape index (κ2) is 8.09. The number of pyridine rings is 1. The molecular formula is C23H17F2N5O3S. The maximum Gasteiger partial charge on any atom is 0.317 e. The maximum absolute atomic E-state index is 16.1. The third kappa shape index (κ3) is 3.18. The van der Waals surface area contributed by atoms with E-state index in [9.17, 15) is 9.65 Å². The van der Waals surface area contributed by atoms with Crippen molar-refractivity contribution in [3.63, 3.8) is 0 Å². The molecule has 0 amide bonds. The molecule has 1 aromatic carbocycles. The van der Waals surface area contributed by atoms with Gasteiger partial charge in [-0.15, -0.1) is 11.3 Å². The Bertz CT molecular complexity index is 1510. The molecule has 5 heterocycles. The minimum absolute atomic E-state index is 0.0490. The summed E-state index contributed by atoms with van der Waals surface area (Å²) in [5.74, 6) is -1.05. The zero-order valence-corrected chi connectivity index (χ0v) is 18.5. The van der Waals surface area contributed by atoms with Gasteiger partial charge in [0.1, 0.15) is 16.6 Å². The molecule has 1 fully saturated rings. The van der Waals surface area contributed by atoms with Gasteiger partial charge in [0.15, 0.2) is 11.6 Å². The minimum Gasteiger partial charge on any atom is -0.463 e. The van der Waals surface area contributed by atoms with Crippen molar-refractivity contribution in [2.45, 2.75) is 19.6 Å². The highest BCUT2D eigenvalue weighted by Crippen LogP contribution is 2.44. The first kappa shape index (κ1) is 21.1. The number of benzene rings is 1. The zero-order chi connectivity index (χ0) is 23.4. The van der Waals surface area contributed by atoms with Crippen LogP contribution < -0.4 is 10.5 Å². The minimum atomic E-state index is -0.662. The van der Waals surface area contributed by atoms with Gasteiger partial charge < -0.3 is 19.9 Å². The van der Waals surface area contributed by atoms with Gasteiger partial charge in [0.05, 0.1) is 48.6 Å². The number of nitrogens with two attached hydrogens (primary N) is 1. The van der Waals surface area contributed by atoms with Crippen molar-refractivity contribution in [1.82, 2.24) is 15.0 Å². The SMILES string of the molecule is N#Cc1c(N)sc2c(F)cnc(-c3c4c(c5cnc(OC[C@H]6CCOC6)nc5c3F)COC4)c12. The lowest BCUT2D eigenvalue weighted by molar-refractivity contribution is 0.135. The molecule has 0 unspecified atom stereocenters. The van der Waals surface area contributed by atoms with Crippen LogP contribution in [0.1, 0.15) is 23.1 Å². The predicted octanol–water partition coefficient (Wildman–Crippen LogP) is 4.08. The van der Waals surface area contributed by atoms with Crippen molar-refractivity contribution in [3.05, 3.63) is 40.7 Å². The fourth-order valence-electron chi connectivity index (χ4n) is 4.51. The van der Waals surface area contributed by atoms with Gasteiger partial charge >= 0.3 is 6.01 Å². The Hall–Kier alpha value is -3.46. The molecule has 0 saturated carbocycles. The molecule has 3 aromatic heterocycles. The second-order valence-corrected chi connectivity index (χ2v) is 9.26. The smallest absolute Gasteiger partial charge is 0.317 e.